The van der Waals surface area contributed by atoms with Gasteiger partial charge in [0.2, 0.25) is 0 Å². The molecule has 2 aromatic carbocycles. The Bertz CT molecular complexity index is 1410. The number of thiazole rings is 1. The molecule has 2 saturated heterocycles. The van der Waals surface area contributed by atoms with Crippen molar-refractivity contribution in [2.45, 2.75) is 6.92 Å². The number of hydrogen-bond donors (Lipinski definition) is 0. The zero-order chi connectivity index (χ0) is 27.9. The maximum Gasteiger partial charge on any atom is 0.260 e. The van der Waals surface area contributed by atoms with Crippen LogP contribution in [-0.4, -0.2) is 85.0 Å². The van der Waals surface area contributed by atoms with Gasteiger partial charge >= 0.3 is 0 Å². The lowest BCUT2D eigenvalue weighted by Gasteiger charge is -2.35. The summed E-state index contributed by atoms with van der Waals surface area (Å²) in [6.45, 7) is 7.31. The first-order valence-corrected chi connectivity index (χ1v) is 14.1. The van der Waals surface area contributed by atoms with Gasteiger partial charge in [-0.15, -0.1) is 0 Å². The maximum atomic E-state index is 13.3. The average Bonchev–Trinajstić information content (AvgIpc) is 3.42. The van der Waals surface area contributed by atoms with Crippen LogP contribution in [0, 0.1) is 12.7 Å². The van der Waals surface area contributed by atoms with Gasteiger partial charge in [0, 0.05) is 36.8 Å². The predicted molar refractivity (Wildman–Crippen MR) is 153 cm³/mol. The fourth-order valence-corrected chi connectivity index (χ4v) is 5.33. The van der Waals surface area contributed by atoms with E-state index in [9.17, 15) is 9.18 Å². The number of carbonyl (C=O) groups is 1. The third-order valence-electron chi connectivity index (χ3n) is 6.30. The highest BCUT2D eigenvalue weighted by Gasteiger charge is 2.25. The Kier molecular flexibility index (Phi) is 9.38. The molecule has 1 amide bonds. The fraction of sp³-hybridized carbons (Fsp3) is 0.357. The minimum absolute atomic E-state index is 0.0222. The zero-order valence-corrected chi connectivity index (χ0v) is 23.6. The number of aromatic nitrogens is 3. The minimum atomic E-state index is -0.285. The maximum absolute atomic E-state index is 13.3. The highest BCUT2D eigenvalue weighted by atomic mass is 35.5. The Morgan fingerprint density at radius 3 is 2.23 bits per heavy atom. The van der Waals surface area contributed by atoms with Gasteiger partial charge in [0.05, 0.1) is 26.4 Å². The van der Waals surface area contributed by atoms with E-state index in [1.165, 1.54) is 23.5 Å². The summed E-state index contributed by atoms with van der Waals surface area (Å²) in [5.74, 6) is 1.68. The standard InChI is InChI=1S/C24H21ClFN5O2S.C4H8O2/c1-15-27-22(21-24(28-15)34-23(29-21)16-2-6-18(26)7-3-16)31-12-10-30(11-13-31)20(32)14-33-19-8-4-17(25)5-9-19;1-2-6-4-3-5-1/h2-9H,10-14H2,1H3;1-4H2. The lowest BCUT2D eigenvalue weighted by atomic mass is 10.2. The quantitative estimate of drug-likeness (QED) is 0.335. The average molecular weight is 586 g/mol. The van der Waals surface area contributed by atoms with E-state index in [0.717, 1.165) is 53.2 Å². The Balaban J connectivity index is 0.000000477. The van der Waals surface area contributed by atoms with E-state index in [4.69, 9.17) is 30.8 Å². The number of carbonyl (C=O) groups excluding carboxylic acids is 1. The SMILES string of the molecule is C1COCCO1.Cc1nc(N2CCN(C(=O)COc3ccc(Cl)cc3)CC2)c2nc(-c3ccc(F)cc3)sc2n1. The number of halogens is 2. The van der Waals surface area contributed by atoms with Gasteiger partial charge in [-0.05, 0) is 55.5 Å². The molecule has 2 aliphatic heterocycles. The normalized spacial score (nSPS) is 15.5. The van der Waals surface area contributed by atoms with E-state index in [2.05, 4.69) is 14.9 Å². The van der Waals surface area contributed by atoms with Crippen LogP contribution in [0.5, 0.6) is 5.75 Å². The molecule has 12 heteroatoms. The van der Waals surface area contributed by atoms with Crippen LogP contribution in [0.2, 0.25) is 5.02 Å². The van der Waals surface area contributed by atoms with Crippen molar-refractivity contribution in [2.75, 3.05) is 64.1 Å². The molecule has 0 saturated carbocycles. The number of benzene rings is 2. The van der Waals surface area contributed by atoms with Gasteiger partial charge in [0.15, 0.2) is 12.4 Å². The van der Waals surface area contributed by atoms with Crippen LogP contribution in [0.4, 0.5) is 10.2 Å². The smallest absolute Gasteiger partial charge is 0.260 e. The Hall–Kier alpha value is -3.38. The first kappa shape index (κ1) is 28.2. The van der Waals surface area contributed by atoms with Crippen LogP contribution in [0.1, 0.15) is 5.82 Å². The third kappa shape index (κ3) is 7.22. The van der Waals surface area contributed by atoms with Crippen LogP contribution in [0.15, 0.2) is 48.5 Å². The molecule has 40 heavy (non-hydrogen) atoms. The summed E-state index contributed by atoms with van der Waals surface area (Å²) in [6.07, 6.45) is 0. The first-order valence-electron chi connectivity index (χ1n) is 12.9. The van der Waals surface area contributed by atoms with Crippen molar-refractivity contribution >= 4 is 45.0 Å². The molecule has 0 bridgehead atoms. The summed E-state index contributed by atoms with van der Waals surface area (Å²) >= 11 is 7.34. The molecule has 4 heterocycles. The number of rotatable bonds is 5. The van der Waals surface area contributed by atoms with Crippen LogP contribution in [-0.2, 0) is 14.3 Å². The molecule has 210 valence electrons. The van der Waals surface area contributed by atoms with Gasteiger partial charge in [-0.2, -0.15) is 0 Å². The van der Waals surface area contributed by atoms with Gasteiger partial charge in [-0.3, -0.25) is 4.79 Å². The summed E-state index contributed by atoms with van der Waals surface area (Å²) in [7, 11) is 0. The highest BCUT2D eigenvalue weighted by molar-refractivity contribution is 7.21. The number of anilines is 1. The molecule has 2 aliphatic rings. The molecule has 2 fully saturated rings. The Labute approximate surface area is 240 Å². The van der Waals surface area contributed by atoms with E-state index < -0.39 is 0 Å². The van der Waals surface area contributed by atoms with Gasteiger partial charge in [0.1, 0.15) is 32.7 Å². The molecule has 9 nitrogen and oxygen atoms in total. The van der Waals surface area contributed by atoms with Crippen molar-refractivity contribution in [3.8, 4) is 16.3 Å². The number of nitrogens with zero attached hydrogens (tertiary/aromatic N) is 5. The summed E-state index contributed by atoms with van der Waals surface area (Å²) in [5, 5.41) is 1.39. The monoisotopic (exact) mass is 585 g/mol. The van der Waals surface area contributed by atoms with Crippen molar-refractivity contribution in [3.63, 3.8) is 0 Å². The second-order valence-corrected chi connectivity index (χ2v) is 10.5. The predicted octanol–water partition coefficient (Wildman–Crippen LogP) is 4.62. The van der Waals surface area contributed by atoms with E-state index in [1.807, 2.05) is 6.92 Å². The van der Waals surface area contributed by atoms with Gasteiger partial charge in [-0.25, -0.2) is 19.3 Å². The van der Waals surface area contributed by atoms with Crippen molar-refractivity contribution in [3.05, 3.63) is 65.2 Å². The van der Waals surface area contributed by atoms with Crippen LogP contribution >= 0.6 is 22.9 Å². The molecule has 0 atom stereocenters. The van der Waals surface area contributed by atoms with Crippen molar-refractivity contribution in [1.29, 1.82) is 0 Å². The van der Waals surface area contributed by atoms with Crippen molar-refractivity contribution in [2.24, 2.45) is 0 Å². The van der Waals surface area contributed by atoms with Crippen LogP contribution < -0.4 is 9.64 Å². The highest BCUT2D eigenvalue weighted by Crippen LogP contribution is 2.33. The van der Waals surface area contributed by atoms with Crippen molar-refractivity contribution < 1.29 is 23.4 Å². The zero-order valence-electron chi connectivity index (χ0n) is 22.0. The largest absolute Gasteiger partial charge is 0.484 e. The van der Waals surface area contributed by atoms with E-state index in [0.29, 0.717) is 42.8 Å². The first-order chi connectivity index (χ1) is 19.5. The molecule has 0 aliphatic carbocycles. The number of fused-ring (bicyclic) bond motifs is 1. The molecular weight excluding hydrogens is 557 g/mol. The minimum Gasteiger partial charge on any atom is -0.484 e. The molecular formula is C28H29ClFN5O4S. The Morgan fingerprint density at radius 2 is 1.60 bits per heavy atom. The summed E-state index contributed by atoms with van der Waals surface area (Å²) < 4.78 is 28.8. The topological polar surface area (TPSA) is 89.9 Å². The van der Waals surface area contributed by atoms with Gasteiger partial charge in [0.25, 0.3) is 5.91 Å². The number of ether oxygens (including phenoxy) is 3. The van der Waals surface area contributed by atoms with Gasteiger partial charge < -0.3 is 24.0 Å². The third-order valence-corrected chi connectivity index (χ3v) is 7.55. The molecule has 0 N–H and O–H groups in total. The summed E-state index contributed by atoms with van der Waals surface area (Å²) in [4.78, 5) is 31.3. The lowest BCUT2D eigenvalue weighted by Crippen LogP contribution is -2.50. The molecule has 6 rings (SSSR count). The van der Waals surface area contributed by atoms with Crippen LogP contribution in [0.25, 0.3) is 20.9 Å². The number of aryl methyl sites for hydroxylation is 1. The second-order valence-electron chi connectivity index (χ2n) is 9.11. The Morgan fingerprint density at radius 1 is 0.950 bits per heavy atom. The summed E-state index contributed by atoms with van der Waals surface area (Å²) in [6, 6.07) is 13.2. The van der Waals surface area contributed by atoms with E-state index in [-0.39, 0.29) is 18.3 Å². The van der Waals surface area contributed by atoms with E-state index in [1.54, 1.807) is 41.3 Å². The number of piperazine rings is 1. The lowest BCUT2D eigenvalue weighted by molar-refractivity contribution is -0.133. The molecule has 2 aromatic heterocycles. The van der Waals surface area contributed by atoms with Crippen molar-refractivity contribution in [1.82, 2.24) is 19.9 Å². The van der Waals surface area contributed by atoms with E-state index >= 15 is 0 Å². The molecule has 0 radical (unpaired) electrons. The second kappa shape index (κ2) is 13.3. The van der Waals surface area contributed by atoms with Crippen LogP contribution in [0.3, 0.4) is 0 Å². The molecule has 4 aromatic rings. The molecule has 0 spiro atoms. The number of amides is 1. The summed E-state index contributed by atoms with van der Waals surface area (Å²) in [5.41, 5.74) is 1.56. The fourth-order valence-electron chi connectivity index (χ4n) is 4.22. The van der Waals surface area contributed by atoms with Gasteiger partial charge in [-0.1, -0.05) is 22.9 Å². The number of hydrogen-bond acceptors (Lipinski definition) is 9. The molecule has 0 unspecified atom stereocenters.